The van der Waals surface area contributed by atoms with Gasteiger partial charge in [0.05, 0.1) is 33.4 Å². The van der Waals surface area contributed by atoms with Crippen molar-refractivity contribution < 1.29 is 0 Å². The van der Waals surface area contributed by atoms with Crippen LogP contribution in [0.2, 0.25) is 0 Å². The van der Waals surface area contributed by atoms with E-state index in [1.165, 1.54) is 54.8 Å². The van der Waals surface area contributed by atoms with Gasteiger partial charge in [0, 0.05) is 32.7 Å². The van der Waals surface area contributed by atoms with Crippen molar-refractivity contribution in [2.24, 2.45) is 0 Å². The Morgan fingerprint density at radius 2 is 0.800 bits per heavy atom. The standard InChI is InChI=1S/C50H39N5/c1-30-14-18-35(19-15-30)36-20-24-46(54-44-12-8-6-10-38(44)41-26-31(2)16-22-47(41)54)40(28-36)37-21-25-49(43(29-37)50-52-33(4)51-34(5)53-50)55-45-13-9-7-11-39(45)42-27-32(3)17-23-48(42)55/h6-29H,1-5H3. The number of hydrogen-bond acceptors (Lipinski definition) is 3. The molecule has 55 heavy (non-hydrogen) atoms. The van der Waals surface area contributed by atoms with Gasteiger partial charge >= 0.3 is 0 Å². The Hall–Kier alpha value is -6.85. The number of nitrogens with zero attached hydrogens (tertiary/aromatic N) is 5. The number of fused-ring (bicyclic) bond motifs is 6. The predicted octanol–water partition coefficient (Wildman–Crippen LogP) is 12.6. The topological polar surface area (TPSA) is 48.5 Å². The van der Waals surface area contributed by atoms with E-state index in [1.54, 1.807) is 0 Å². The molecule has 0 unspecified atom stereocenters. The Morgan fingerprint density at radius 1 is 0.345 bits per heavy atom. The van der Waals surface area contributed by atoms with E-state index in [4.69, 9.17) is 9.97 Å². The second kappa shape index (κ2) is 12.6. The summed E-state index contributed by atoms with van der Waals surface area (Å²) < 4.78 is 4.80. The van der Waals surface area contributed by atoms with Crippen molar-refractivity contribution in [3.8, 4) is 45.0 Å². The molecule has 0 saturated heterocycles. The SMILES string of the molecule is Cc1ccc(-c2ccc(-n3c4ccccc4c4cc(C)ccc43)c(-c3ccc(-n4c5ccccc5c5cc(C)ccc54)c(-c4nc(C)nc(C)n4)c3)c2)cc1. The quantitative estimate of drug-likeness (QED) is 0.179. The third-order valence-corrected chi connectivity index (χ3v) is 10.9. The van der Waals surface area contributed by atoms with Crippen LogP contribution in [0.5, 0.6) is 0 Å². The van der Waals surface area contributed by atoms with Crippen LogP contribution in [0.15, 0.2) is 146 Å². The molecule has 0 N–H and O–H groups in total. The molecule has 10 aromatic rings. The fraction of sp³-hybridized carbons (Fsp3) is 0.100. The zero-order chi connectivity index (χ0) is 37.4. The molecule has 5 nitrogen and oxygen atoms in total. The third kappa shape index (κ3) is 5.42. The maximum Gasteiger partial charge on any atom is 0.165 e. The normalized spacial score (nSPS) is 11.7. The van der Waals surface area contributed by atoms with Gasteiger partial charge < -0.3 is 9.13 Å². The van der Waals surface area contributed by atoms with Crippen molar-refractivity contribution in [1.29, 1.82) is 0 Å². The largest absolute Gasteiger partial charge is 0.309 e. The number of hydrogen-bond donors (Lipinski definition) is 0. The van der Waals surface area contributed by atoms with Crippen molar-refractivity contribution in [3.63, 3.8) is 0 Å². The highest BCUT2D eigenvalue weighted by Gasteiger charge is 2.21. The molecule has 0 saturated carbocycles. The second-order valence-electron chi connectivity index (χ2n) is 14.8. The van der Waals surface area contributed by atoms with Crippen LogP contribution in [-0.4, -0.2) is 24.1 Å². The predicted molar refractivity (Wildman–Crippen MR) is 228 cm³/mol. The van der Waals surface area contributed by atoms with Crippen LogP contribution in [0.25, 0.3) is 88.6 Å². The molecule has 0 atom stereocenters. The molecule has 264 valence electrons. The molecule has 10 rings (SSSR count). The first-order valence-electron chi connectivity index (χ1n) is 18.9. The zero-order valence-electron chi connectivity index (χ0n) is 31.6. The highest BCUT2D eigenvalue weighted by molar-refractivity contribution is 6.11. The summed E-state index contributed by atoms with van der Waals surface area (Å²) in [4.78, 5) is 14.5. The lowest BCUT2D eigenvalue weighted by Gasteiger charge is -2.19. The molecule has 0 aliphatic carbocycles. The fourth-order valence-electron chi connectivity index (χ4n) is 8.39. The van der Waals surface area contributed by atoms with Crippen molar-refractivity contribution in [3.05, 3.63) is 174 Å². The van der Waals surface area contributed by atoms with Crippen LogP contribution in [0.1, 0.15) is 28.3 Å². The Morgan fingerprint density at radius 3 is 1.38 bits per heavy atom. The molecule has 0 aliphatic heterocycles. The number of aromatic nitrogens is 5. The minimum Gasteiger partial charge on any atom is -0.309 e. The average Bonchev–Trinajstić information content (AvgIpc) is 3.69. The first-order valence-corrected chi connectivity index (χ1v) is 18.9. The molecule has 3 aromatic heterocycles. The van der Waals surface area contributed by atoms with E-state index in [0.29, 0.717) is 17.5 Å². The van der Waals surface area contributed by atoms with Gasteiger partial charge in [-0.2, -0.15) is 0 Å². The summed E-state index contributed by atoms with van der Waals surface area (Å²) in [7, 11) is 0. The van der Waals surface area contributed by atoms with Gasteiger partial charge in [0.15, 0.2) is 5.82 Å². The second-order valence-corrected chi connectivity index (χ2v) is 14.8. The molecule has 0 bridgehead atoms. The minimum atomic E-state index is 0.656. The van der Waals surface area contributed by atoms with E-state index >= 15 is 0 Å². The molecular formula is C50H39N5. The molecular weight excluding hydrogens is 671 g/mol. The van der Waals surface area contributed by atoms with Crippen molar-refractivity contribution in [1.82, 2.24) is 24.1 Å². The summed E-state index contributed by atoms with van der Waals surface area (Å²) in [6, 6.07) is 53.4. The molecule has 0 radical (unpaired) electrons. The van der Waals surface area contributed by atoms with Crippen LogP contribution in [0, 0.1) is 34.6 Å². The monoisotopic (exact) mass is 709 g/mol. The number of para-hydroxylation sites is 2. The lowest BCUT2D eigenvalue weighted by atomic mass is 9.95. The number of rotatable bonds is 5. The van der Waals surface area contributed by atoms with Gasteiger partial charge in [-0.3, -0.25) is 0 Å². The Balaban J connectivity index is 1.30. The van der Waals surface area contributed by atoms with Gasteiger partial charge in [-0.1, -0.05) is 102 Å². The van der Waals surface area contributed by atoms with Crippen LogP contribution in [0.4, 0.5) is 0 Å². The summed E-state index contributed by atoms with van der Waals surface area (Å²) >= 11 is 0. The fourth-order valence-corrected chi connectivity index (χ4v) is 8.39. The molecule has 5 heteroatoms. The number of aryl methyl sites for hydroxylation is 5. The molecule has 7 aromatic carbocycles. The molecule has 3 heterocycles. The average molecular weight is 710 g/mol. The smallest absolute Gasteiger partial charge is 0.165 e. The third-order valence-electron chi connectivity index (χ3n) is 10.9. The van der Waals surface area contributed by atoms with E-state index in [0.717, 1.165) is 44.7 Å². The van der Waals surface area contributed by atoms with E-state index in [9.17, 15) is 0 Å². The molecule has 0 amide bonds. The van der Waals surface area contributed by atoms with E-state index in [-0.39, 0.29) is 0 Å². The van der Waals surface area contributed by atoms with Crippen molar-refractivity contribution >= 4 is 43.6 Å². The van der Waals surface area contributed by atoms with Crippen LogP contribution < -0.4 is 0 Å². The van der Waals surface area contributed by atoms with E-state index in [1.807, 2.05) is 13.8 Å². The van der Waals surface area contributed by atoms with E-state index in [2.05, 4.69) is 180 Å². The summed E-state index contributed by atoms with van der Waals surface area (Å²) in [6.07, 6.45) is 0. The zero-order valence-corrected chi connectivity index (χ0v) is 31.6. The molecule has 0 fully saturated rings. The minimum absolute atomic E-state index is 0.656. The maximum absolute atomic E-state index is 4.98. The summed E-state index contributed by atoms with van der Waals surface area (Å²) in [5.41, 5.74) is 16.0. The van der Waals surface area contributed by atoms with Gasteiger partial charge in [0.1, 0.15) is 11.6 Å². The van der Waals surface area contributed by atoms with E-state index < -0.39 is 0 Å². The van der Waals surface area contributed by atoms with Crippen LogP contribution in [0.3, 0.4) is 0 Å². The van der Waals surface area contributed by atoms with Crippen molar-refractivity contribution in [2.75, 3.05) is 0 Å². The highest BCUT2D eigenvalue weighted by Crippen LogP contribution is 2.42. The summed E-state index contributed by atoms with van der Waals surface area (Å²) in [5.74, 6) is 2.04. The van der Waals surface area contributed by atoms with Gasteiger partial charge in [0.25, 0.3) is 0 Å². The Labute approximate surface area is 320 Å². The summed E-state index contributed by atoms with van der Waals surface area (Å²) in [5, 5.41) is 4.93. The summed E-state index contributed by atoms with van der Waals surface area (Å²) in [6.45, 7) is 10.3. The van der Waals surface area contributed by atoms with Crippen LogP contribution >= 0.6 is 0 Å². The highest BCUT2D eigenvalue weighted by atomic mass is 15.0. The maximum atomic E-state index is 4.98. The van der Waals surface area contributed by atoms with Gasteiger partial charge in [-0.05, 0) is 112 Å². The number of benzene rings is 7. The van der Waals surface area contributed by atoms with Crippen LogP contribution in [-0.2, 0) is 0 Å². The first-order chi connectivity index (χ1) is 26.8. The van der Waals surface area contributed by atoms with Gasteiger partial charge in [0.2, 0.25) is 0 Å². The molecule has 0 spiro atoms. The Bertz CT molecular complexity index is 3120. The lowest BCUT2D eigenvalue weighted by Crippen LogP contribution is -2.04. The van der Waals surface area contributed by atoms with Gasteiger partial charge in [-0.25, -0.2) is 15.0 Å². The van der Waals surface area contributed by atoms with Gasteiger partial charge in [-0.15, -0.1) is 0 Å². The van der Waals surface area contributed by atoms with Crippen molar-refractivity contribution in [2.45, 2.75) is 34.6 Å². The lowest BCUT2D eigenvalue weighted by molar-refractivity contribution is 0.927. The Kier molecular flexibility index (Phi) is 7.53. The molecule has 0 aliphatic rings. The first kappa shape index (κ1) is 32.8.